The van der Waals surface area contributed by atoms with E-state index in [2.05, 4.69) is 9.97 Å². The predicted molar refractivity (Wildman–Crippen MR) is 58.2 cm³/mol. The van der Waals surface area contributed by atoms with Crippen LogP contribution in [0.25, 0.3) is 11.1 Å². The Kier molecular flexibility index (Phi) is 2.82. The summed E-state index contributed by atoms with van der Waals surface area (Å²) in [6.07, 6.45) is 4.48. The minimum atomic E-state index is 0.363. The molecule has 0 aliphatic carbocycles. The Morgan fingerprint density at radius 3 is 1.62 bits per heavy atom. The minimum Gasteiger partial charge on any atom is -0.296 e. The second-order valence-electron chi connectivity index (χ2n) is 3.17. The van der Waals surface area contributed by atoms with Crippen molar-refractivity contribution in [3.05, 3.63) is 48.0 Å². The standard InChI is InChI=1S/C12H8N2O2/c15-7-11-5-9(1-3-13-11)10-2-4-14-12(6-10)8-16/h1-8H. The molecule has 0 bridgehead atoms. The average molecular weight is 212 g/mol. The fraction of sp³-hybridized carbons (Fsp3) is 0. The lowest BCUT2D eigenvalue weighted by molar-refractivity contribution is 0.111. The maximum atomic E-state index is 10.6. The van der Waals surface area contributed by atoms with Crippen LogP contribution < -0.4 is 0 Å². The lowest BCUT2D eigenvalue weighted by Gasteiger charge is -2.01. The van der Waals surface area contributed by atoms with Gasteiger partial charge in [-0.3, -0.25) is 19.6 Å². The molecule has 2 aromatic heterocycles. The van der Waals surface area contributed by atoms with Crippen LogP contribution in [0, 0.1) is 0 Å². The molecule has 0 saturated carbocycles. The molecule has 0 aromatic carbocycles. The molecule has 4 nitrogen and oxygen atoms in total. The number of hydrogen-bond donors (Lipinski definition) is 0. The van der Waals surface area contributed by atoms with Crippen molar-refractivity contribution in [2.45, 2.75) is 0 Å². The van der Waals surface area contributed by atoms with Crippen molar-refractivity contribution in [2.75, 3.05) is 0 Å². The second kappa shape index (κ2) is 4.44. The van der Waals surface area contributed by atoms with Gasteiger partial charge in [-0.05, 0) is 35.4 Å². The fourth-order valence-electron chi connectivity index (χ4n) is 1.38. The van der Waals surface area contributed by atoms with Crippen LogP contribution in [-0.2, 0) is 0 Å². The summed E-state index contributed by atoms with van der Waals surface area (Å²) < 4.78 is 0. The monoisotopic (exact) mass is 212 g/mol. The van der Waals surface area contributed by atoms with Gasteiger partial charge in [0, 0.05) is 12.4 Å². The number of carbonyl (C=O) groups is 2. The highest BCUT2D eigenvalue weighted by molar-refractivity contribution is 5.79. The van der Waals surface area contributed by atoms with Gasteiger partial charge in [-0.1, -0.05) is 0 Å². The quantitative estimate of drug-likeness (QED) is 0.727. The first-order chi connectivity index (χ1) is 7.83. The number of aromatic nitrogens is 2. The largest absolute Gasteiger partial charge is 0.296 e. The molecule has 0 saturated heterocycles. The van der Waals surface area contributed by atoms with Crippen LogP contribution in [0.3, 0.4) is 0 Å². The first-order valence-electron chi connectivity index (χ1n) is 4.66. The van der Waals surface area contributed by atoms with E-state index in [0.717, 1.165) is 11.1 Å². The summed E-state index contributed by atoms with van der Waals surface area (Å²) in [5.74, 6) is 0. The molecule has 0 radical (unpaired) electrons. The maximum Gasteiger partial charge on any atom is 0.168 e. The summed E-state index contributed by atoms with van der Waals surface area (Å²) in [6.45, 7) is 0. The zero-order valence-electron chi connectivity index (χ0n) is 8.33. The Bertz CT molecular complexity index is 489. The van der Waals surface area contributed by atoms with Crippen molar-refractivity contribution in [3.8, 4) is 11.1 Å². The van der Waals surface area contributed by atoms with Crippen molar-refractivity contribution < 1.29 is 9.59 Å². The highest BCUT2D eigenvalue weighted by Gasteiger charge is 2.01. The SMILES string of the molecule is O=Cc1cc(-c2ccnc(C=O)c2)ccn1. The third-order valence-corrected chi connectivity index (χ3v) is 2.14. The number of carbonyl (C=O) groups excluding carboxylic acids is 2. The molecule has 16 heavy (non-hydrogen) atoms. The minimum absolute atomic E-state index is 0.363. The molecule has 0 atom stereocenters. The molecule has 0 unspecified atom stereocenters. The van der Waals surface area contributed by atoms with E-state index in [-0.39, 0.29) is 0 Å². The topological polar surface area (TPSA) is 59.9 Å². The second-order valence-corrected chi connectivity index (χ2v) is 3.17. The third-order valence-electron chi connectivity index (χ3n) is 2.14. The summed E-state index contributed by atoms with van der Waals surface area (Å²) in [7, 11) is 0. The van der Waals surface area contributed by atoms with Gasteiger partial charge in [-0.25, -0.2) is 0 Å². The first kappa shape index (κ1) is 10.2. The van der Waals surface area contributed by atoms with Gasteiger partial charge in [-0.2, -0.15) is 0 Å². The summed E-state index contributed by atoms with van der Waals surface area (Å²) in [5, 5.41) is 0. The van der Waals surface area contributed by atoms with E-state index in [1.807, 2.05) is 0 Å². The smallest absolute Gasteiger partial charge is 0.168 e. The van der Waals surface area contributed by atoms with Gasteiger partial charge in [0.1, 0.15) is 11.4 Å². The van der Waals surface area contributed by atoms with Gasteiger partial charge in [0.25, 0.3) is 0 Å². The van der Waals surface area contributed by atoms with Crippen LogP contribution in [-0.4, -0.2) is 22.5 Å². The molecule has 78 valence electrons. The Hall–Kier alpha value is -2.36. The van der Waals surface area contributed by atoms with Crippen molar-refractivity contribution in [3.63, 3.8) is 0 Å². The molecule has 0 aliphatic heterocycles. The van der Waals surface area contributed by atoms with E-state index in [1.54, 1.807) is 36.7 Å². The van der Waals surface area contributed by atoms with Gasteiger partial charge in [0.2, 0.25) is 0 Å². The lowest BCUT2D eigenvalue weighted by Crippen LogP contribution is -1.90. The Morgan fingerprint density at radius 1 is 0.812 bits per heavy atom. The molecule has 2 aromatic rings. The van der Waals surface area contributed by atoms with Crippen molar-refractivity contribution >= 4 is 12.6 Å². The van der Waals surface area contributed by atoms with E-state index in [9.17, 15) is 9.59 Å². The highest BCUT2D eigenvalue weighted by Crippen LogP contribution is 2.18. The van der Waals surface area contributed by atoms with Gasteiger partial charge >= 0.3 is 0 Å². The normalized spacial score (nSPS) is 9.75. The van der Waals surface area contributed by atoms with Crippen LogP contribution in [0.5, 0.6) is 0 Å². The van der Waals surface area contributed by atoms with Gasteiger partial charge < -0.3 is 0 Å². The Labute approximate surface area is 92.0 Å². The zero-order valence-corrected chi connectivity index (χ0v) is 8.33. The summed E-state index contributed by atoms with van der Waals surface area (Å²) in [4.78, 5) is 28.9. The molecule has 0 aliphatic rings. The van der Waals surface area contributed by atoms with E-state index >= 15 is 0 Å². The molecule has 0 N–H and O–H groups in total. The molecular weight excluding hydrogens is 204 g/mol. The van der Waals surface area contributed by atoms with Crippen molar-refractivity contribution in [2.24, 2.45) is 0 Å². The zero-order chi connectivity index (χ0) is 11.4. The van der Waals surface area contributed by atoms with E-state index in [0.29, 0.717) is 24.0 Å². The van der Waals surface area contributed by atoms with E-state index < -0.39 is 0 Å². The van der Waals surface area contributed by atoms with Crippen molar-refractivity contribution in [1.82, 2.24) is 9.97 Å². The molecule has 0 fully saturated rings. The summed E-state index contributed by atoms with van der Waals surface area (Å²) in [5.41, 5.74) is 2.40. The van der Waals surface area contributed by atoms with Crippen LogP contribution in [0.15, 0.2) is 36.7 Å². The molecule has 2 heterocycles. The first-order valence-corrected chi connectivity index (χ1v) is 4.66. The number of hydrogen-bond acceptors (Lipinski definition) is 4. The molecule has 0 spiro atoms. The lowest BCUT2D eigenvalue weighted by atomic mass is 10.1. The van der Waals surface area contributed by atoms with Gasteiger partial charge in [0.15, 0.2) is 12.6 Å². The van der Waals surface area contributed by atoms with Crippen LogP contribution in [0.2, 0.25) is 0 Å². The predicted octanol–water partition coefficient (Wildman–Crippen LogP) is 1.77. The highest BCUT2D eigenvalue weighted by atomic mass is 16.1. The van der Waals surface area contributed by atoms with Gasteiger partial charge in [-0.15, -0.1) is 0 Å². The van der Waals surface area contributed by atoms with E-state index in [1.165, 1.54) is 0 Å². The summed E-state index contributed by atoms with van der Waals surface area (Å²) in [6, 6.07) is 6.88. The van der Waals surface area contributed by atoms with Crippen LogP contribution in [0.4, 0.5) is 0 Å². The number of pyridine rings is 2. The third kappa shape index (κ3) is 2.00. The van der Waals surface area contributed by atoms with Gasteiger partial charge in [0.05, 0.1) is 0 Å². The molecule has 2 rings (SSSR count). The number of nitrogens with zero attached hydrogens (tertiary/aromatic N) is 2. The molecule has 4 heteroatoms. The molecular formula is C12H8N2O2. The summed E-state index contributed by atoms with van der Waals surface area (Å²) >= 11 is 0. The number of aldehydes is 2. The Balaban J connectivity index is 2.49. The Morgan fingerprint density at radius 2 is 1.25 bits per heavy atom. The fourth-order valence-corrected chi connectivity index (χ4v) is 1.38. The average Bonchev–Trinajstić information content (AvgIpc) is 2.39. The van der Waals surface area contributed by atoms with Crippen LogP contribution >= 0.6 is 0 Å². The van der Waals surface area contributed by atoms with E-state index in [4.69, 9.17) is 0 Å². The maximum absolute atomic E-state index is 10.6. The van der Waals surface area contributed by atoms with Crippen LogP contribution in [0.1, 0.15) is 21.0 Å². The number of rotatable bonds is 3. The molecule has 0 amide bonds. The van der Waals surface area contributed by atoms with Crippen molar-refractivity contribution in [1.29, 1.82) is 0 Å².